The minimum Gasteiger partial charge on any atom is -0.477 e. The average Bonchev–Trinajstić information content (AvgIpc) is 3.03. The van der Waals surface area contributed by atoms with Crippen LogP contribution in [-0.4, -0.2) is 61.5 Å². The first-order valence-electron chi connectivity index (χ1n) is 14.7. The standard InChI is InChI=1S/C33H34N6O5S/c1-22-8-6-9-23(2)29(22)27-19-28-37-31(36-27)38-45(42,43)26-13-7-10-24(18-26)30(40)34-20-33(21-44-28)14-16-39(17-15-33)32(41)35-25-11-4-3-5-12-25/h3-13,18-19H,14-17,20-21H2,1-2H3,(H,34,40)(H,35,41)(H,36,37,38). The van der Waals surface area contributed by atoms with Crippen molar-refractivity contribution < 1.29 is 22.7 Å². The minimum atomic E-state index is -4.13. The fourth-order valence-electron chi connectivity index (χ4n) is 5.75. The molecule has 1 fully saturated rings. The summed E-state index contributed by atoms with van der Waals surface area (Å²) in [7, 11) is -4.13. The highest BCUT2D eigenvalue weighted by Gasteiger charge is 2.38. The highest BCUT2D eigenvalue weighted by atomic mass is 32.2. The molecule has 6 rings (SSSR count). The Morgan fingerprint density at radius 1 is 0.933 bits per heavy atom. The van der Waals surface area contributed by atoms with Crippen molar-refractivity contribution in [1.82, 2.24) is 20.2 Å². The van der Waals surface area contributed by atoms with Gasteiger partial charge in [-0.2, -0.15) is 4.98 Å². The van der Waals surface area contributed by atoms with Crippen molar-refractivity contribution in [2.24, 2.45) is 5.41 Å². The number of benzene rings is 3. The summed E-state index contributed by atoms with van der Waals surface area (Å²) in [5.74, 6) is -0.348. The Kier molecular flexibility index (Phi) is 8.15. The quantitative estimate of drug-likeness (QED) is 0.284. The predicted molar refractivity (Wildman–Crippen MR) is 171 cm³/mol. The van der Waals surface area contributed by atoms with E-state index in [-0.39, 0.29) is 41.5 Å². The lowest BCUT2D eigenvalue weighted by Crippen LogP contribution is -2.51. The van der Waals surface area contributed by atoms with Gasteiger partial charge in [0.15, 0.2) is 0 Å². The summed E-state index contributed by atoms with van der Waals surface area (Å²) < 4.78 is 35.5. The Hall–Kier alpha value is -4.97. The van der Waals surface area contributed by atoms with Crippen LogP contribution in [0.1, 0.15) is 34.3 Å². The summed E-state index contributed by atoms with van der Waals surface area (Å²) in [6.07, 6.45) is 1.12. The fourth-order valence-corrected chi connectivity index (χ4v) is 6.74. The first kappa shape index (κ1) is 30.1. The molecular formula is C33H34N6O5S. The van der Waals surface area contributed by atoms with Gasteiger partial charge in [-0.25, -0.2) is 22.9 Å². The number of para-hydroxylation sites is 1. The topological polar surface area (TPSA) is 143 Å². The smallest absolute Gasteiger partial charge is 0.321 e. The lowest BCUT2D eigenvalue weighted by molar-refractivity contribution is 0.0612. The van der Waals surface area contributed by atoms with Crippen molar-refractivity contribution in [3.05, 3.63) is 95.6 Å². The molecule has 3 N–H and O–H groups in total. The molecule has 12 heteroatoms. The molecule has 11 nitrogen and oxygen atoms in total. The van der Waals surface area contributed by atoms with Gasteiger partial charge in [-0.1, -0.05) is 42.5 Å². The molecule has 4 aromatic rings. The summed E-state index contributed by atoms with van der Waals surface area (Å²) in [6.45, 7) is 5.27. The summed E-state index contributed by atoms with van der Waals surface area (Å²) in [6, 6.07) is 22.5. The van der Waals surface area contributed by atoms with Crippen LogP contribution < -0.4 is 20.1 Å². The van der Waals surface area contributed by atoms with Crippen LogP contribution in [0.25, 0.3) is 11.3 Å². The van der Waals surface area contributed by atoms with Gasteiger partial charge >= 0.3 is 6.03 Å². The van der Waals surface area contributed by atoms with Gasteiger partial charge in [0.25, 0.3) is 15.9 Å². The highest BCUT2D eigenvalue weighted by molar-refractivity contribution is 7.92. The Morgan fingerprint density at radius 3 is 2.38 bits per heavy atom. The van der Waals surface area contributed by atoms with Crippen molar-refractivity contribution in [2.45, 2.75) is 31.6 Å². The van der Waals surface area contributed by atoms with E-state index >= 15 is 0 Å². The molecule has 0 aliphatic carbocycles. The number of piperidine rings is 1. The number of likely N-dealkylation sites (tertiary alicyclic amines) is 1. The number of carbonyl (C=O) groups is 2. The zero-order chi connectivity index (χ0) is 31.6. The number of hydrogen-bond acceptors (Lipinski definition) is 7. The summed E-state index contributed by atoms with van der Waals surface area (Å²) >= 11 is 0. The molecule has 232 valence electrons. The molecule has 3 aromatic carbocycles. The van der Waals surface area contributed by atoms with Gasteiger partial charge < -0.3 is 20.3 Å². The lowest BCUT2D eigenvalue weighted by atomic mass is 9.79. The minimum absolute atomic E-state index is 0.0943. The second kappa shape index (κ2) is 12.2. The van der Waals surface area contributed by atoms with Crippen molar-refractivity contribution >= 4 is 33.6 Å². The van der Waals surface area contributed by atoms with Gasteiger partial charge in [0.1, 0.15) is 0 Å². The van der Waals surface area contributed by atoms with Crippen molar-refractivity contribution in [3.63, 3.8) is 0 Å². The van der Waals surface area contributed by atoms with Crippen LogP contribution in [0.5, 0.6) is 5.88 Å². The number of aryl methyl sites for hydroxylation is 2. The van der Waals surface area contributed by atoms with Crippen LogP contribution in [0.4, 0.5) is 16.4 Å². The lowest BCUT2D eigenvalue weighted by Gasteiger charge is -2.41. The Morgan fingerprint density at radius 2 is 1.64 bits per heavy atom. The third-order valence-corrected chi connectivity index (χ3v) is 9.68. The number of hydrogen-bond donors (Lipinski definition) is 3. The molecule has 4 bridgehead atoms. The number of sulfonamides is 1. The van der Waals surface area contributed by atoms with E-state index in [2.05, 4.69) is 25.3 Å². The maximum absolute atomic E-state index is 13.4. The van der Waals surface area contributed by atoms with Gasteiger partial charge in [-0.15, -0.1) is 0 Å². The molecule has 0 unspecified atom stereocenters. The van der Waals surface area contributed by atoms with E-state index in [1.807, 2.05) is 62.4 Å². The number of anilines is 2. The number of ether oxygens (including phenoxy) is 1. The van der Waals surface area contributed by atoms with Gasteiger partial charge in [-0.05, 0) is 68.1 Å². The molecule has 45 heavy (non-hydrogen) atoms. The molecule has 3 heterocycles. The fraction of sp³-hybridized carbons (Fsp3) is 0.273. The summed E-state index contributed by atoms with van der Waals surface area (Å²) in [4.78, 5) is 36.9. The highest BCUT2D eigenvalue weighted by Crippen LogP contribution is 2.34. The second-order valence-corrected chi connectivity index (χ2v) is 13.3. The van der Waals surface area contributed by atoms with Crippen LogP contribution in [0.3, 0.4) is 0 Å². The molecule has 1 spiro atoms. The summed E-state index contributed by atoms with van der Waals surface area (Å²) in [5.41, 5.74) is 3.71. The largest absolute Gasteiger partial charge is 0.477 e. The van der Waals surface area contributed by atoms with E-state index in [4.69, 9.17) is 4.74 Å². The SMILES string of the molecule is Cc1cccc(C)c1-c1cc2nc(n1)NS(=O)(=O)c1cccc(c1)C(=O)NCC1(CCN(C(=O)Nc3ccccc3)CC1)CO2. The second-order valence-electron chi connectivity index (χ2n) is 11.6. The van der Waals surface area contributed by atoms with Gasteiger partial charge in [0.2, 0.25) is 11.8 Å². The molecule has 1 saturated heterocycles. The van der Waals surface area contributed by atoms with E-state index in [0.29, 0.717) is 37.3 Å². The Bertz CT molecular complexity index is 1840. The normalized spacial score (nSPS) is 17.3. The van der Waals surface area contributed by atoms with Crippen LogP contribution in [0.2, 0.25) is 0 Å². The van der Waals surface area contributed by atoms with E-state index in [9.17, 15) is 18.0 Å². The molecule has 0 saturated carbocycles. The predicted octanol–water partition coefficient (Wildman–Crippen LogP) is 5.00. The maximum Gasteiger partial charge on any atom is 0.321 e. The van der Waals surface area contributed by atoms with Crippen molar-refractivity contribution in [2.75, 3.05) is 36.3 Å². The molecule has 3 amide bonds. The Labute approximate surface area is 262 Å². The van der Waals surface area contributed by atoms with Crippen molar-refractivity contribution in [3.8, 4) is 17.1 Å². The third kappa shape index (κ3) is 6.60. The molecule has 1 aromatic heterocycles. The first-order valence-corrected chi connectivity index (χ1v) is 16.2. The number of aromatic nitrogens is 2. The number of carbonyl (C=O) groups excluding carboxylic acids is 2. The van der Waals surface area contributed by atoms with Gasteiger partial charge in [-0.3, -0.25) is 4.79 Å². The Balaban J connectivity index is 1.34. The monoisotopic (exact) mass is 626 g/mol. The molecule has 0 atom stereocenters. The van der Waals surface area contributed by atoms with Crippen LogP contribution in [0.15, 0.2) is 83.8 Å². The molecule has 2 aliphatic rings. The van der Waals surface area contributed by atoms with E-state index in [1.165, 1.54) is 18.2 Å². The van der Waals surface area contributed by atoms with E-state index in [1.54, 1.807) is 17.0 Å². The van der Waals surface area contributed by atoms with E-state index < -0.39 is 21.3 Å². The van der Waals surface area contributed by atoms with Gasteiger partial charge in [0.05, 0.1) is 17.2 Å². The number of urea groups is 1. The van der Waals surface area contributed by atoms with E-state index in [0.717, 1.165) is 16.7 Å². The van der Waals surface area contributed by atoms with Gasteiger partial charge in [0, 0.05) is 47.9 Å². The molecular weight excluding hydrogens is 592 g/mol. The van der Waals surface area contributed by atoms with Crippen LogP contribution in [-0.2, 0) is 10.0 Å². The van der Waals surface area contributed by atoms with Crippen LogP contribution >= 0.6 is 0 Å². The van der Waals surface area contributed by atoms with Crippen LogP contribution in [0, 0.1) is 19.3 Å². The first-order chi connectivity index (χ1) is 21.6. The number of nitrogens with one attached hydrogen (secondary N) is 3. The third-order valence-electron chi connectivity index (χ3n) is 8.36. The van der Waals surface area contributed by atoms with Crippen molar-refractivity contribution in [1.29, 1.82) is 0 Å². The molecule has 2 aliphatic heterocycles. The number of nitrogens with zero attached hydrogens (tertiary/aromatic N) is 3. The number of rotatable bonds is 2. The summed E-state index contributed by atoms with van der Waals surface area (Å²) in [5, 5.41) is 5.93. The number of amides is 3. The molecule has 0 radical (unpaired) electrons. The number of fused-ring (bicyclic) bond motifs is 4. The zero-order valence-electron chi connectivity index (χ0n) is 25.0. The maximum atomic E-state index is 13.4. The zero-order valence-corrected chi connectivity index (χ0v) is 25.9. The average molecular weight is 627 g/mol.